The van der Waals surface area contributed by atoms with Gasteiger partial charge in [0.25, 0.3) is 0 Å². The zero-order valence-corrected chi connectivity index (χ0v) is 16.2. The van der Waals surface area contributed by atoms with Gasteiger partial charge in [-0.25, -0.2) is 0 Å². The molecule has 0 aromatic heterocycles. The zero-order chi connectivity index (χ0) is 18.3. The molecule has 0 spiro atoms. The van der Waals surface area contributed by atoms with Crippen molar-refractivity contribution in [2.75, 3.05) is 19.8 Å². The van der Waals surface area contributed by atoms with E-state index in [1.54, 1.807) is 0 Å². The van der Waals surface area contributed by atoms with E-state index in [1.165, 1.54) is 44.9 Å². The summed E-state index contributed by atoms with van der Waals surface area (Å²) >= 11 is 0. The average Bonchev–Trinajstić information content (AvgIpc) is 2.58. The van der Waals surface area contributed by atoms with Crippen LogP contribution < -0.4 is 0 Å². The molecule has 0 atom stereocenters. The van der Waals surface area contributed by atoms with Gasteiger partial charge in [0.2, 0.25) is 0 Å². The van der Waals surface area contributed by atoms with Crippen LogP contribution in [0.4, 0.5) is 0 Å². The Balaban J connectivity index is 3.50. The molecule has 0 aliphatic heterocycles. The average molecular weight is 345 g/mol. The monoisotopic (exact) mass is 344 g/mol. The summed E-state index contributed by atoms with van der Waals surface area (Å²) in [5, 5.41) is 18.6. The number of carbonyl (C=O) groups excluding carboxylic acids is 1. The summed E-state index contributed by atoms with van der Waals surface area (Å²) in [4.78, 5) is 11.7. The van der Waals surface area contributed by atoms with Crippen LogP contribution in [0.25, 0.3) is 0 Å². The van der Waals surface area contributed by atoms with Gasteiger partial charge in [0.05, 0.1) is 18.6 Å². The van der Waals surface area contributed by atoms with Crippen molar-refractivity contribution in [3.05, 3.63) is 0 Å². The molecule has 0 rings (SSSR count). The van der Waals surface area contributed by atoms with E-state index in [-0.39, 0.29) is 25.8 Å². The molecule has 24 heavy (non-hydrogen) atoms. The molecule has 144 valence electrons. The van der Waals surface area contributed by atoms with Crippen LogP contribution in [0.5, 0.6) is 0 Å². The molecule has 2 N–H and O–H groups in total. The van der Waals surface area contributed by atoms with Gasteiger partial charge in [0.15, 0.2) is 0 Å². The summed E-state index contributed by atoms with van der Waals surface area (Å²) in [6.07, 6.45) is 12.1. The summed E-state index contributed by atoms with van der Waals surface area (Å²) in [7, 11) is 0. The van der Waals surface area contributed by atoms with Gasteiger partial charge in [0, 0.05) is 6.42 Å². The number of hydrogen-bond acceptors (Lipinski definition) is 4. The molecule has 0 aromatic carbocycles. The van der Waals surface area contributed by atoms with Crippen molar-refractivity contribution in [1.29, 1.82) is 0 Å². The van der Waals surface area contributed by atoms with Gasteiger partial charge in [-0.05, 0) is 18.8 Å². The highest BCUT2D eigenvalue weighted by molar-refractivity contribution is 5.69. The number of aliphatic hydroxyl groups excluding tert-OH is 2. The van der Waals surface area contributed by atoms with E-state index < -0.39 is 5.41 Å². The van der Waals surface area contributed by atoms with Crippen LogP contribution in [-0.2, 0) is 9.53 Å². The first-order valence-electron chi connectivity index (χ1n) is 9.87. The Morgan fingerprint density at radius 3 is 1.88 bits per heavy atom. The maximum absolute atomic E-state index is 11.7. The third-order valence-electron chi connectivity index (χ3n) is 4.87. The molecule has 0 aliphatic carbocycles. The fourth-order valence-electron chi connectivity index (χ4n) is 2.66. The molecule has 0 heterocycles. The van der Waals surface area contributed by atoms with Crippen molar-refractivity contribution in [1.82, 2.24) is 0 Å². The highest BCUT2D eigenvalue weighted by atomic mass is 16.5. The molecule has 0 aliphatic rings. The molecule has 4 heteroatoms. The Morgan fingerprint density at radius 2 is 1.42 bits per heavy atom. The second-order valence-electron chi connectivity index (χ2n) is 7.59. The minimum atomic E-state index is -0.689. The predicted molar refractivity (Wildman–Crippen MR) is 98.9 cm³/mol. The van der Waals surface area contributed by atoms with Crippen LogP contribution in [0.2, 0.25) is 0 Å². The number of esters is 1. The third-order valence-corrected chi connectivity index (χ3v) is 4.87. The van der Waals surface area contributed by atoms with Crippen molar-refractivity contribution in [2.45, 2.75) is 91.4 Å². The number of hydrogen-bond donors (Lipinski definition) is 2. The van der Waals surface area contributed by atoms with E-state index >= 15 is 0 Å². The maximum Gasteiger partial charge on any atom is 0.305 e. The Kier molecular flexibility index (Phi) is 14.3. The predicted octanol–water partition coefficient (Wildman–Crippen LogP) is 4.47. The van der Waals surface area contributed by atoms with Crippen molar-refractivity contribution in [3.63, 3.8) is 0 Å². The van der Waals surface area contributed by atoms with Crippen molar-refractivity contribution >= 4 is 5.97 Å². The number of carbonyl (C=O) groups is 1. The largest absolute Gasteiger partial charge is 0.465 e. The van der Waals surface area contributed by atoms with Crippen LogP contribution in [0.15, 0.2) is 0 Å². The topological polar surface area (TPSA) is 66.8 Å². The molecule has 0 bridgehead atoms. The minimum absolute atomic E-state index is 0.103. The maximum atomic E-state index is 11.7. The summed E-state index contributed by atoms with van der Waals surface area (Å²) in [5.41, 5.74) is -0.689. The van der Waals surface area contributed by atoms with Gasteiger partial charge < -0.3 is 14.9 Å². The fraction of sp³-hybridized carbons (Fsp3) is 0.950. The lowest BCUT2D eigenvalue weighted by molar-refractivity contribution is -0.149. The van der Waals surface area contributed by atoms with E-state index in [4.69, 9.17) is 4.74 Å². The first-order valence-corrected chi connectivity index (χ1v) is 9.87. The Labute approximate surface area is 149 Å². The molecule has 4 nitrogen and oxygen atoms in total. The van der Waals surface area contributed by atoms with Crippen LogP contribution in [-0.4, -0.2) is 36.0 Å². The smallest absolute Gasteiger partial charge is 0.305 e. The number of ether oxygens (including phenoxy) is 1. The van der Waals surface area contributed by atoms with Gasteiger partial charge in [-0.2, -0.15) is 0 Å². The van der Waals surface area contributed by atoms with E-state index in [0.29, 0.717) is 12.8 Å². The van der Waals surface area contributed by atoms with Crippen LogP contribution in [0.3, 0.4) is 0 Å². The summed E-state index contributed by atoms with van der Waals surface area (Å²) < 4.78 is 5.21. The fourth-order valence-corrected chi connectivity index (χ4v) is 2.66. The van der Waals surface area contributed by atoms with Crippen molar-refractivity contribution in [2.24, 2.45) is 11.3 Å². The molecule has 0 amide bonds. The van der Waals surface area contributed by atoms with Crippen molar-refractivity contribution < 1.29 is 19.7 Å². The minimum Gasteiger partial charge on any atom is -0.465 e. The number of unbranched alkanes of at least 4 members (excludes halogenated alkanes) is 7. The Hall–Kier alpha value is -0.610. The third kappa shape index (κ3) is 11.9. The van der Waals surface area contributed by atoms with Crippen LogP contribution >= 0.6 is 0 Å². The Morgan fingerprint density at radius 1 is 0.917 bits per heavy atom. The quantitative estimate of drug-likeness (QED) is 0.320. The van der Waals surface area contributed by atoms with Gasteiger partial charge in [-0.1, -0.05) is 72.1 Å². The molecule has 0 unspecified atom stereocenters. The lowest BCUT2D eigenvalue weighted by Crippen LogP contribution is -2.35. The summed E-state index contributed by atoms with van der Waals surface area (Å²) in [6, 6.07) is 0. The van der Waals surface area contributed by atoms with Gasteiger partial charge >= 0.3 is 5.97 Å². The number of aliphatic hydroxyl groups is 2. The second kappa shape index (κ2) is 14.7. The van der Waals surface area contributed by atoms with Gasteiger partial charge in [0.1, 0.15) is 6.61 Å². The SMILES string of the molecule is CCC(CO)(CO)COC(=O)CCCCCCCCCCC(C)C. The molecule has 0 fully saturated rings. The highest BCUT2D eigenvalue weighted by Gasteiger charge is 2.28. The summed E-state index contributed by atoms with van der Waals surface area (Å²) in [6.45, 7) is 6.21. The van der Waals surface area contributed by atoms with Crippen molar-refractivity contribution in [3.8, 4) is 0 Å². The first-order chi connectivity index (χ1) is 11.5. The first kappa shape index (κ1) is 23.4. The normalized spacial score (nSPS) is 11.9. The molecular weight excluding hydrogens is 304 g/mol. The van der Waals surface area contributed by atoms with E-state index in [0.717, 1.165) is 18.8 Å². The van der Waals surface area contributed by atoms with Crippen LogP contribution in [0, 0.1) is 11.3 Å². The second-order valence-corrected chi connectivity index (χ2v) is 7.59. The molecule has 0 saturated heterocycles. The molecule has 0 radical (unpaired) electrons. The molecular formula is C20H40O4. The number of rotatable bonds is 16. The van der Waals surface area contributed by atoms with E-state index in [9.17, 15) is 15.0 Å². The molecule has 0 saturated carbocycles. The lowest BCUT2D eigenvalue weighted by atomic mass is 9.88. The Bertz CT molecular complexity index is 290. The van der Waals surface area contributed by atoms with E-state index in [1.807, 2.05) is 6.92 Å². The van der Waals surface area contributed by atoms with Crippen LogP contribution in [0.1, 0.15) is 91.4 Å². The van der Waals surface area contributed by atoms with E-state index in [2.05, 4.69) is 13.8 Å². The summed E-state index contributed by atoms with van der Waals surface area (Å²) in [5.74, 6) is 0.602. The van der Waals surface area contributed by atoms with Gasteiger partial charge in [-0.3, -0.25) is 4.79 Å². The highest BCUT2D eigenvalue weighted by Crippen LogP contribution is 2.21. The lowest BCUT2D eigenvalue weighted by Gasteiger charge is -2.27. The standard InChI is InChI=1S/C20H40O4/c1-4-20(15-21,16-22)17-24-19(23)14-12-10-8-6-5-7-9-11-13-18(2)3/h18,21-22H,4-17H2,1-3H3. The zero-order valence-electron chi connectivity index (χ0n) is 16.2. The van der Waals surface area contributed by atoms with Gasteiger partial charge in [-0.15, -0.1) is 0 Å². The molecule has 0 aromatic rings.